The van der Waals surface area contributed by atoms with Crippen LogP contribution in [0, 0.1) is 0 Å². The van der Waals surface area contributed by atoms with Crippen molar-refractivity contribution in [3.05, 3.63) is 30.2 Å². The number of rotatable bonds is 5. The van der Waals surface area contributed by atoms with E-state index in [2.05, 4.69) is 5.32 Å². The number of carbonyl (C=O) groups excluding carboxylic acids is 2. The summed E-state index contributed by atoms with van der Waals surface area (Å²) in [7, 11) is 0. The zero-order valence-corrected chi connectivity index (χ0v) is 12.2. The molecular formula is C16H21NO4. The Bertz CT molecular complexity index is 486. The van der Waals surface area contributed by atoms with Crippen molar-refractivity contribution in [1.29, 1.82) is 0 Å². The highest BCUT2D eigenvalue weighted by atomic mass is 16.5. The van der Waals surface area contributed by atoms with Crippen LogP contribution in [0.25, 0.3) is 6.08 Å². The van der Waals surface area contributed by atoms with Gasteiger partial charge in [0.2, 0.25) is 0 Å². The minimum Gasteiger partial charge on any atom is -0.465 e. The minimum absolute atomic E-state index is 0.214. The molecule has 1 fully saturated rings. The zero-order valence-electron chi connectivity index (χ0n) is 12.2. The Morgan fingerprint density at radius 3 is 2.81 bits per heavy atom. The quantitative estimate of drug-likeness (QED) is 0.669. The van der Waals surface area contributed by atoms with E-state index in [4.69, 9.17) is 9.15 Å². The van der Waals surface area contributed by atoms with Crippen molar-refractivity contribution in [3.63, 3.8) is 0 Å². The molecule has 0 aromatic carbocycles. The molecule has 1 aliphatic rings. The van der Waals surface area contributed by atoms with Gasteiger partial charge in [0.05, 0.1) is 6.26 Å². The van der Waals surface area contributed by atoms with Gasteiger partial charge in [-0.15, -0.1) is 0 Å². The van der Waals surface area contributed by atoms with Gasteiger partial charge in [-0.3, -0.25) is 4.79 Å². The van der Waals surface area contributed by atoms with Gasteiger partial charge in [0, 0.05) is 12.1 Å². The van der Waals surface area contributed by atoms with E-state index in [1.807, 2.05) is 0 Å². The van der Waals surface area contributed by atoms with Gasteiger partial charge in [-0.25, -0.2) is 4.79 Å². The Morgan fingerprint density at radius 2 is 2.14 bits per heavy atom. The van der Waals surface area contributed by atoms with Gasteiger partial charge in [-0.2, -0.15) is 0 Å². The second kappa shape index (κ2) is 7.67. The Morgan fingerprint density at radius 1 is 1.38 bits per heavy atom. The molecule has 2 rings (SSSR count). The van der Waals surface area contributed by atoms with E-state index >= 15 is 0 Å². The molecule has 1 atom stereocenters. The predicted octanol–water partition coefficient (Wildman–Crippen LogP) is 2.67. The van der Waals surface area contributed by atoms with Crippen molar-refractivity contribution in [2.45, 2.75) is 51.2 Å². The highest BCUT2D eigenvalue weighted by Gasteiger charge is 2.21. The van der Waals surface area contributed by atoms with Crippen LogP contribution in [0.3, 0.4) is 0 Å². The average Bonchev–Trinajstić information content (AvgIpc) is 2.99. The summed E-state index contributed by atoms with van der Waals surface area (Å²) in [6, 6.07) is 3.67. The maximum Gasteiger partial charge on any atom is 0.331 e. The third-order valence-corrected chi connectivity index (χ3v) is 3.54. The maximum atomic E-state index is 11.9. The number of hydrogen-bond donors (Lipinski definition) is 1. The molecule has 0 unspecified atom stereocenters. The normalized spacial score (nSPS) is 17.6. The summed E-state index contributed by atoms with van der Waals surface area (Å²) in [5.74, 6) is -0.231. The molecule has 1 aromatic rings. The molecule has 0 saturated heterocycles. The van der Waals surface area contributed by atoms with Crippen LogP contribution in [0.15, 0.2) is 28.9 Å². The third kappa shape index (κ3) is 5.10. The van der Waals surface area contributed by atoms with Crippen LogP contribution >= 0.6 is 0 Å². The highest BCUT2D eigenvalue weighted by Crippen LogP contribution is 2.17. The molecular weight excluding hydrogens is 270 g/mol. The molecule has 114 valence electrons. The molecule has 21 heavy (non-hydrogen) atoms. The number of carbonyl (C=O) groups is 2. The van der Waals surface area contributed by atoms with Crippen molar-refractivity contribution < 1.29 is 18.7 Å². The topological polar surface area (TPSA) is 68.5 Å². The molecule has 1 heterocycles. The first-order valence-electron chi connectivity index (χ1n) is 7.38. The Kier molecular flexibility index (Phi) is 5.60. The largest absolute Gasteiger partial charge is 0.465 e. The fourth-order valence-electron chi connectivity index (χ4n) is 2.37. The first-order chi connectivity index (χ1) is 10.1. The van der Waals surface area contributed by atoms with Crippen molar-refractivity contribution in [2.75, 3.05) is 0 Å². The predicted molar refractivity (Wildman–Crippen MR) is 78.3 cm³/mol. The summed E-state index contributed by atoms with van der Waals surface area (Å²) >= 11 is 0. The molecule has 0 radical (unpaired) electrons. The van der Waals surface area contributed by atoms with Crippen molar-refractivity contribution in [2.24, 2.45) is 0 Å². The van der Waals surface area contributed by atoms with Crippen LogP contribution in [-0.4, -0.2) is 24.0 Å². The van der Waals surface area contributed by atoms with Crippen LogP contribution in [0.5, 0.6) is 0 Å². The van der Waals surface area contributed by atoms with E-state index in [1.165, 1.54) is 24.8 Å². The number of amides is 1. The molecule has 5 heteroatoms. The molecule has 1 N–H and O–H groups in total. The molecule has 5 nitrogen and oxygen atoms in total. The lowest BCUT2D eigenvalue weighted by Crippen LogP contribution is -2.42. The first kappa shape index (κ1) is 15.4. The van der Waals surface area contributed by atoms with E-state index in [9.17, 15) is 9.59 Å². The number of nitrogens with one attached hydrogen (secondary N) is 1. The third-order valence-electron chi connectivity index (χ3n) is 3.54. The molecule has 0 aliphatic heterocycles. The summed E-state index contributed by atoms with van der Waals surface area (Å²) in [6.07, 6.45) is 9.02. The van der Waals surface area contributed by atoms with Crippen molar-refractivity contribution in [3.8, 4) is 0 Å². The maximum absolute atomic E-state index is 11.9. The van der Waals surface area contributed by atoms with Gasteiger partial charge in [-0.05, 0) is 38.0 Å². The van der Waals surface area contributed by atoms with Gasteiger partial charge < -0.3 is 14.5 Å². The van der Waals surface area contributed by atoms with Crippen molar-refractivity contribution in [1.82, 2.24) is 5.32 Å². The number of ether oxygens (including phenoxy) is 1. The molecule has 1 aliphatic carbocycles. The lowest BCUT2D eigenvalue weighted by molar-refractivity contribution is -0.150. The molecule has 0 bridgehead atoms. The van der Waals surface area contributed by atoms with E-state index in [1.54, 1.807) is 19.1 Å². The molecule has 0 spiro atoms. The fraction of sp³-hybridized carbons (Fsp3) is 0.500. The Hall–Kier alpha value is -2.04. The van der Waals surface area contributed by atoms with Gasteiger partial charge in [0.1, 0.15) is 5.76 Å². The Labute approximate surface area is 124 Å². The number of hydrogen-bond acceptors (Lipinski definition) is 4. The van der Waals surface area contributed by atoms with Crippen LogP contribution in [-0.2, 0) is 14.3 Å². The number of esters is 1. The van der Waals surface area contributed by atoms with Crippen LogP contribution in [0.1, 0.15) is 44.8 Å². The molecule has 1 amide bonds. The lowest BCUT2D eigenvalue weighted by Gasteiger charge is -2.24. The monoisotopic (exact) mass is 291 g/mol. The van der Waals surface area contributed by atoms with E-state index in [0.717, 1.165) is 25.7 Å². The Balaban J connectivity index is 1.75. The molecule has 1 saturated carbocycles. The summed E-state index contributed by atoms with van der Waals surface area (Å²) in [5.41, 5.74) is 0. The summed E-state index contributed by atoms with van der Waals surface area (Å²) in [6.45, 7) is 1.58. The first-order valence-corrected chi connectivity index (χ1v) is 7.38. The summed E-state index contributed by atoms with van der Waals surface area (Å²) < 4.78 is 10.1. The summed E-state index contributed by atoms with van der Waals surface area (Å²) in [4.78, 5) is 23.6. The van der Waals surface area contributed by atoms with E-state index in [-0.39, 0.29) is 11.9 Å². The second-order valence-corrected chi connectivity index (χ2v) is 5.27. The summed E-state index contributed by atoms with van der Waals surface area (Å²) in [5, 5.41) is 2.93. The smallest absolute Gasteiger partial charge is 0.331 e. The highest BCUT2D eigenvalue weighted by molar-refractivity contribution is 5.90. The second-order valence-electron chi connectivity index (χ2n) is 5.27. The lowest BCUT2D eigenvalue weighted by atomic mass is 9.95. The van der Waals surface area contributed by atoms with Crippen LogP contribution in [0.2, 0.25) is 0 Å². The zero-order chi connectivity index (χ0) is 15.1. The van der Waals surface area contributed by atoms with Gasteiger partial charge >= 0.3 is 5.97 Å². The van der Waals surface area contributed by atoms with E-state index in [0.29, 0.717) is 5.76 Å². The van der Waals surface area contributed by atoms with Crippen LogP contribution < -0.4 is 5.32 Å². The van der Waals surface area contributed by atoms with Crippen molar-refractivity contribution >= 4 is 18.0 Å². The van der Waals surface area contributed by atoms with Gasteiger partial charge in [0.25, 0.3) is 5.91 Å². The minimum atomic E-state index is -0.791. The van der Waals surface area contributed by atoms with Crippen LogP contribution in [0.4, 0.5) is 0 Å². The van der Waals surface area contributed by atoms with Gasteiger partial charge in [-0.1, -0.05) is 19.3 Å². The average molecular weight is 291 g/mol. The molecule has 1 aromatic heterocycles. The fourth-order valence-corrected chi connectivity index (χ4v) is 2.37. The van der Waals surface area contributed by atoms with E-state index < -0.39 is 12.1 Å². The SMILES string of the molecule is C[C@@H](OC(=O)/C=C/c1ccco1)C(=O)NC1CCCCC1. The standard InChI is InChI=1S/C16H21NO4/c1-12(16(19)17-13-6-3-2-4-7-13)21-15(18)10-9-14-8-5-11-20-14/h5,8-13H,2-4,6-7H2,1H3,(H,17,19)/b10-9+/t12-/m1/s1. The number of furan rings is 1. The van der Waals surface area contributed by atoms with Gasteiger partial charge in [0.15, 0.2) is 6.10 Å².